The van der Waals surface area contributed by atoms with Crippen LogP contribution in [0.15, 0.2) is 23.2 Å². The predicted molar refractivity (Wildman–Crippen MR) is 111 cm³/mol. The van der Waals surface area contributed by atoms with Gasteiger partial charge in [-0.1, -0.05) is 19.1 Å². The molecule has 2 rings (SSSR count). The molecule has 1 heterocycles. The first-order valence-electron chi connectivity index (χ1n) is 9.63. The van der Waals surface area contributed by atoms with Crippen LogP contribution in [0.25, 0.3) is 0 Å². The zero-order chi connectivity index (χ0) is 20.4. The summed E-state index contributed by atoms with van der Waals surface area (Å²) in [5, 5.41) is 14.9. The highest BCUT2D eigenvalue weighted by molar-refractivity contribution is 5.79. The van der Waals surface area contributed by atoms with Crippen molar-refractivity contribution in [2.24, 2.45) is 12.0 Å². The Bertz CT molecular complexity index is 772. The van der Waals surface area contributed by atoms with Crippen LogP contribution in [-0.2, 0) is 24.9 Å². The number of aryl methyl sites for hydroxylation is 2. The molecule has 0 radical (unpaired) electrons. The van der Waals surface area contributed by atoms with E-state index in [9.17, 15) is 0 Å². The van der Waals surface area contributed by atoms with Crippen LogP contribution < -0.4 is 15.4 Å². The van der Waals surface area contributed by atoms with Crippen molar-refractivity contribution < 1.29 is 9.47 Å². The van der Waals surface area contributed by atoms with Crippen LogP contribution in [0.4, 0.5) is 0 Å². The van der Waals surface area contributed by atoms with Crippen LogP contribution in [0, 0.1) is 13.8 Å². The molecule has 2 aromatic rings. The van der Waals surface area contributed by atoms with Crippen molar-refractivity contribution in [2.45, 2.75) is 40.3 Å². The van der Waals surface area contributed by atoms with E-state index in [-0.39, 0.29) is 0 Å². The summed E-state index contributed by atoms with van der Waals surface area (Å²) in [6, 6.07) is 6.22. The minimum Gasteiger partial charge on any atom is -0.493 e. The van der Waals surface area contributed by atoms with Gasteiger partial charge in [-0.25, -0.2) is 4.99 Å². The molecule has 0 aliphatic heterocycles. The van der Waals surface area contributed by atoms with Gasteiger partial charge in [0.1, 0.15) is 11.6 Å². The molecule has 1 aromatic heterocycles. The van der Waals surface area contributed by atoms with Crippen LogP contribution in [0.1, 0.15) is 36.1 Å². The van der Waals surface area contributed by atoms with E-state index in [4.69, 9.17) is 14.5 Å². The highest BCUT2D eigenvalue weighted by Gasteiger charge is 2.08. The SMILES string of the molecule is CCCOc1cc(C)ccc1CN=C(NCCOC)NCc1nnc(C)n1C. The van der Waals surface area contributed by atoms with Crippen LogP contribution in [0.5, 0.6) is 5.75 Å². The Morgan fingerprint density at radius 1 is 1.18 bits per heavy atom. The third-order valence-electron chi connectivity index (χ3n) is 4.29. The highest BCUT2D eigenvalue weighted by Crippen LogP contribution is 2.21. The molecule has 8 nitrogen and oxygen atoms in total. The summed E-state index contributed by atoms with van der Waals surface area (Å²) < 4.78 is 13.0. The second-order valence-corrected chi connectivity index (χ2v) is 6.62. The zero-order valence-corrected chi connectivity index (χ0v) is 17.6. The molecule has 0 spiro atoms. The van der Waals surface area contributed by atoms with Gasteiger partial charge in [-0.15, -0.1) is 10.2 Å². The van der Waals surface area contributed by atoms with E-state index in [2.05, 4.69) is 52.9 Å². The Balaban J connectivity index is 2.09. The van der Waals surface area contributed by atoms with Gasteiger partial charge in [0, 0.05) is 26.3 Å². The number of ether oxygens (including phenoxy) is 2. The first-order chi connectivity index (χ1) is 13.5. The molecular weight excluding hydrogens is 356 g/mol. The molecule has 8 heteroatoms. The molecule has 28 heavy (non-hydrogen) atoms. The Morgan fingerprint density at radius 2 is 2.00 bits per heavy atom. The lowest BCUT2D eigenvalue weighted by molar-refractivity contribution is 0.203. The number of methoxy groups -OCH3 is 1. The van der Waals surface area contributed by atoms with Gasteiger partial charge in [0.15, 0.2) is 11.8 Å². The monoisotopic (exact) mass is 388 g/mol. The van der Waals surface area contributed by atoms with Crippen LogP contribution in [0.3, 0.4) is 0 Å². The van der Waals surface area contributed by atoms with Crippen LogP contribution in [-0.4, -0.2) is 47.6 Å². The number of hydrogen-bond donors (Lipinski definition) is 2. The molecule has 0 amide bonds. The molecule has 0 bridgehead atoms. The summed E-state index contributed by atoms with van der Waals surface area (Å²) in [4.78, 5) is 4.72. The van der Waals surface area contributed by atoms with Crippen molar-refractivity contribution in [1.29, 1.82) is 0 Å². The number of hydrogen-bond acceptors (Lipinski definition) is 5. The van der Waals surface area contributed by atoms with Gasteiger partial charge in [0.05, 0.1) is 26.3 Å². The predicted octanol–water partition coefficient (Wildman–Crippen LogP) is 2.10. The van der Waals surface area contributed by atoms with Gasteiger partial charge < -0.3 is 24.7 Å². The van der Waals surface area contributed by atoms with Crippen molar-refractivity contribution in [3.63, 3.8) is 0 Å². The van der Waals surface area contributed by atoms with Crippen molar-refractivity contribution >= 4 is 5.96 Å². The number of benzene rings is 1. The van der Waals surface area contributed by atoms with E-state index in [0.717, 1.165) is 29.4 Å². The lowest BCUT2D eigenvalue weighted by Gasteiger charge is -2.14. The molecule has 0 saturated carbocycles. The fraction of sp³-hybridized carbons (Fsp3) is 0.550. The number of guanidine groups is 1. The number of nitrogens with one attached hydrogen (secondary N) is 2. The molecule has 2 N–H and O–H groups in total. The first-order valence-corrected chi connectivity index (χ1v) is 9.63. The van der Waals surface area contributed by atoms with Crippen molar-refractivity contribution in [3.8, 4) is 5.75 Å². The summed E-state index contributed by atoms with van der Waals surface area (Å²) in [6.45, 7) is 9.09. The van der Waals surface area contributed by atoms with E-state index in [0.29, 0.717) is 38.8 Å². The minimum atomic E-state index is 0.513. The molecule has 0 aliphatic carbocycles. The Labute approximate surface area is 167 Å². The summed E-state index contributed by atoms with van der Waals surface area (Å²) in [5.41, 5.74) is 2.23. The van der Waals surface area contributed by atoms with Crippen LogP contribution in [0.2, 0.25) is 0 Å². The van der Waals surface area contributed by atoms with Gasteiger partial charge in [-0.2, -0.15) is 0 Å². The molecule has 0 fully saturated rings. The number of rotatable bonds is 10. The lowest BCUT2D eigenvalue weighted by Crippen LogP contribution is -2.39. The Kier molecular flexibility index (Phi) is 8.74. The molecule has 154 valence electrons. The molecular formula is C20H32N6O2. The molecule has 0 atom stereocenters. The van der Waals surface area contributed by atoms with Crippen molar-refractivity contribution in [1.82, 2.24) is 25.4 Å². The van der Waals surface area contributed by atoms with E-state index >= 15 is 0 Å². The number of nitrogens with zero attached hydrogens (tertiary/aromatic N) is 4. The topological polar surface area (TPSA) is 85.6 Å². The van der Waals surface area contributed by atoms with Crippen LogP contribution >= 0.6 is 0 Å². The second kappa shape index (κ2) is 11.3. The van der Waals surface area contributed by atoms with Gasteiger partial charge in [0.2, 0.25) is 0 Å². The third-order valence-corrected chi connectivity index (χ3v) is 4.29. The number of aromatic nitrogens is 3. The average Bonchev–Trinajstić information content (AvgIpc) is 3.01. The summed E-state index contributed by atoms with van der Waals surface area (Å²) in [7, 11) is 3.63. The minimum absolute atomic E-state index is 0.513. The first kappa shape index (κ1) is 21.7. The maximum absolute atomic E-state index is 5.89. The summed E-state index contributed by atoms with van der Waals surface area (Å²) in [6.07, 6.45) is 0.971. The fourth-order valence-electron chi connectivity index (χ4n) is 2.52. The average molecular weight is 389 g/mol. The van der Waals surface area contributed by atoms with Gasteiger partial charge in [0.25, 0.3) is 0 Å². The van der Waals surface area contributed by atoms with E-state index in [1.54, 1.807) is 7.11 Å². The molecule has 1 aromatic carbocycles. The van der Waals surface area contributed by atoms with E-state index in [1.807, 2.05) is 18.5 Å². The molecule has 0 saturated heterocycles. The van der Waals surface area contributed by atoms with Gasteiger partial charge in [-0.3, -0.25) is 0 Å². The van der Waals surface area contributed by atoms with Gasteiger partial charge >= 0.3 is 0 Å². The largest absolute Gasteiger partial charge is 0.493 e. The highest BCUT2D eigenvalue weighted by atomic mass is 16.5. The van der Waals surface area contributed by atoms with E-state index < -0.39 is 0 Å². The maximum atomic E-state index is 5.89. The standard InChI is InChI=1S/C20H32N6O2/c1-6-10-28-18-12-15(2)7-8-17(18)13-22-20(21-9-11-27-5)23-14-19-25-24-16(3)26(19)4/h7-8,12H,6,9-11,13-14H2,1-5H3,(H2,21,22,23). The quantitative estimate of drug-likeness (QED) is 0.368. The maximum Gasteiger partial charge on any atom is 0.192 e. The normalized spacial score (nSPS) is 11.5. The second-order valence-electron chi connectivity index (χ2n) is 6.62. The summed E-state index contributed by atoms with van der Waals surface area (Å²) in [5.74, 6) is 3.31. The van der Waals surface area contributed by atoms with Crippen molar-refractivity contribution in [2.75, 3.05) is 26.9 Å². The number of aliphatic imine (C=N–C) groups is 1. The molecule has 0 aliphatic rings. The van der Waals surface area contributed by atoms with E-state index in [1.165, 1.54) is 5.56 Å². The third kappa shape index (κ3) is 6.53. The Hall–Kier alpha value is -2.61. The lowest BCUT2D eigenvalue weighted by atomic mass is 10.1. The Morgan fingerprint density at radius 3 is 2.68 bits per heavy atom. The molecule has 0 unspecified atom stereocenters. The zero-order valence-electron chi connectivity index (χ0n) is 17.6. The fourth-order valence-corrected chi connectivity index (χ4v) is 2.52. The smallest absolute Gasteiger partial charge is 0.192 e. The van der Waals surface area contributed by atoms with Gasteiger partial charge in [-0.05, 0) is 31.9 Å². The van der Waals surface area contributed by atoms with Crippen molar-refractivity contribution in [3.05, 3.63) is 41.0 Å². The summed E-state index contributed by atoms with van der Waals surface area (Å²) >= 11 is 0.